The lowest BCUT2D eigenvalue weighted by atomic mass is 10.1. The van der Waals surface area contributed by atoms with Crippen LogP contribution in [0.15, 0.2) is 33.6 Å². The van der Waals surface area contributed by atoms with E-state index in [1.165, 1.54) is 16.8 Å². The third kappa shape index (κ3) is 3.67. The molecular weight excluding hydrogens is 424 g/mol. The quantitative estimate of drug-likeness (QED) is 0.690. The van der Waals surface area contributed by atoms with Crippen LogP contribution in [-0.2, 0) is 10.0 Å². The summed E-state index contributed by atoms with van der Waals surface area (Å²) in [6, 6.07) is 8.23. The van der Waals surface area contributed by atoms with Gasteiger partial charge in [-0.2, -0.15) is 4.31 Å². The maximum Gasteiger partial charge on any atom is 0.243 e. The minimum atomic E-state index is -3.51. The summed E-state index contributed by atoms with van der Waals surface area (Å²) >= 11 is 3.55. The molecule has 1 aliphatic rings. The lowest BCUT2D eigenvalue weighted by Crippen LogP contribution is -2.49. The van der Waals surface area contributed by atoms with Gasteiger partial charge in [0.1, 0.15) is 0 Å². The molecule has 1 heterocycles. The molecule has 0 amide bonds. The van der Waals surface area contributed by atoms with Gasteiger partial charge in [-0.3, -0.25) is 0 Å². The van der Waals surface area contributed by atoms with Crippen LogP contribution in [0.2, 0.25) is 0 Å². The zero-order chi connectivity index (χ0) is 19.9. The van der Waals surface area contributed by atoms with Gasteiger partial charge in [0.2, 0.25) is 10.0 Å². The Morgan fingerprint density at radius 1 is 0.852 bits per heavy atom. The van der Waals surface area contributed by atoms with E-state index in [0.29, 0.717) is 31.1 Å². The van der Waals surface area contributed by atoms with Crippen molar-refractivity contribution < 1.29 is 8.42 Å². The van der Waals surface area contributed by atoms with E-state index in [-0.39, 0.29) is 0 Å². The molecule has 3 rings (SSSR count). The Hall–Kier alpha value is -1.37. The number of nitrogens with zero attached hydrogens (tertiary/aromatic N) is 2. The average Bonchev–Trinajstić information content (AvgIpc) is 2.60. The van der Waals surface area contributed by atoms with Crippen molar-refractivity contribution in [2.75, 3.05) is 31.1 Å². The molecule has 1 saturated heterocycles. The Morgan fingerprint density at radius 2 is 1.41 bits per heavy atom. The highest BCUT2D eigenvalue weighted by Gasteiger charge is 2.32. The van der Waals surface area contributed by atoms with Crippen molar-refractivity contribution >= 4 is 31.6 Å². The first kappa shape index (κ1) is 20.4. The second kappa shape index (κ2) is 7.57. The smallest absolute Gasteiger partial charge is 0.243 e. The van der Waals surface area contributed by atoms with E-state index >= 15 is 0 Å². The van der Waals surface area contributed by atoms with Gasteiger partial charge in [0.05, 0.1) is 4.90 Å². The van der Waals surface area contributed by atoms with Crippen molar-refractivity contribution in [2.45, 2.75) is 39.5 Å². The zero-order valence-electron chi connectivity index (χ0n) is 16.6. The molecule has 0 atom stereocenters. The van der Waals surface area contributed by atoms with Crippen LogP contribution in [0.25, 0.3) is 0 Å². The molecule has 0 aliphatic carbocycles. The number of hydrogen-bond donors (Lipinski definition) is 0. The minimum absolute atomic E-state index is 0.445. The van der Waals surface area contributed by atoms with Gasteiger partial charge in [0.15, 0.2) is 0 Å². The first-order valence-electron chi connectivity index (χ1n) is 9.22. The predicted molar refractivity (Wildman–Crippen MR) is 115 cm³/mol. The van der Waals surface area contributed by atoms with Crippen molar-refractivity contribution in [3.8, 4) is 0 Å². The van der Waals surface area contributed by atoms with Gasteiger partial charge in [-0.1, -0.05) is 40.2 Å². The number of para-hydroxylation sites is 1. The fourth-order valence-corrected chi connectivity index (χ4v) is 6.43. The number of halogens is 1. The molecule has 0 radical (unpaired) electrons. The lowest BCUT2D eigenvalue weighted by Gasteiger charge is -2.37. The van der Waals surface area contributed by atoms with E-state index in [9.17, 15) is 8.42 Å². The van der Waals surface area contributed by atoms with Gasteiger partial charge in [0.25, 0.3) is 0 Å². The SMILES string of the molecule is Cc1cc(C)c(S(=O)(=O)N2CCN(c3c(C)cccc3C)CC2)c(C)c1Br. The molecule has 1 fully saturated rings. The Labute approximate surface area is 171 Å². The summed E-state index contributed by atoms with van der Waals surface area (Å²) in [5.74, 6) is 0. The second-order valence-corrected chi connectivity index (χ2v) is 10.1. The van der Waals surface area contributed by atoms with Crippen LogP contribution in [0, 0.1) is 34.6 Å². The summed E-state index contributed by atoms with van der Waals surface area (Å²) in [6.07, 6.45) is 0. The maximum atomic E-state index is 13.4. The van der Waals surface area contributed by atoms with Crippen molar-refractivity contribution in [3.05, 3.63) is 56.6 Å². The monoisotopic (exact) mass is 450 g/mol. The number of rotatable bonds is 3. The minimum Gasteiger partial charge on any atom is -0.368 e. The molecule has 6 heteroatoms. The number of hydrogen-bond acceptors (Lipinski definition) is 3. The van der Waals surface area contributed by atoms with E-state index in [1.807, 2.05) is 26.8 Å². The number of aryl methyl sites for hydroxylation is 4. The van der Waals surface area contributed by atoms with Gasteiger partial charge >= 0.3 is 0 Å². The molecule has 0 bridgehead atoms. The predicted octanol–water partition coefficient (Wildman–Crippen LogP) is 4.50. The normalized spacial score (nSPS) is 16.0. The van der Waals surface area contributed by atoms with Crippen molar-refractivity contribution in [2.24, 2.45) is 0 Å². The van der Waals surface area contributed by atoms with E-state index in [2.05, 4.69) is 52.9 Å². The molecule has 1 aliphatic heterocycles. The van der Waals surface area contributed by atoms with Crippen LogP contribution in [0.1, 0.15) is 27.8 Å². The Balaban J connectivity index is 1.87. The van der Waals surface area contributed by atoms with E-state index in [1.54, 1.807) is 4.31 Å². The van der Waals surface area contributed by atoms with Crippen LogP contribution in [0.4, 0.5) is 5.69 Å². The topological polar surface area (TPSA) is 40.6 Å². The molecule has 0 saturated carbocycles. The van der Waals surface area contributed by atoms with Crippen LogP contribution in [0.3, 0.4) is 0 Å². The largest absolute Gasteiger partial charge is 0.368 e. The first-order valence-corrected chi connectivity index (χ1v) is 11.5. The summed E-state index contributed by atoms with van der Waals surface area (Å²) < 4.78 is 29.2. The molecule has 2 aromatic carbocycles. The van der Waals surface area contributed by atoms with Crippen molar-refractivity contribution in [1.82, 2.24) is 4.31 Å². The van der Waals surface area contributed by atoms with Crippen molar-refractivity contribution in [3.63, 3.8) is 0 Å². The maximum absolute atomic E-state index is 13.4. The Bertz CT molecular complexity index is 958. The molecular formula is C21H27BrN2O2S. The molecule has 0 unspecified atom stereocenters. The lowest BCUT2D eigenvalue weighted by molar-refractivity contribution is 0.384. The van der Waals surface area contributed by atoms with Gasteiger partial charge in [0, 0.05) is 36.3 Å². The fraction of sp³-hybridized carbons (Fsp3) is 0.429. The molecule has 0 aromatic heterocycles. The van der Waals surface area contributed by atoms with Crippen molar-refractivity contribution in [1.29, 1.82) is 0 Å². The molecule has 146 valence electrons. The molecule has 2 aromatic rings. The van der Waals surface area contributed by atoms with E-state index in [4.69, 9.17) is 0 Å². The van der Waals surface area contributed by atoms with Gasteiger partial charge in [-0.05, 0) is 62.4 Å². The first-order chi connectivity index (χ1) is 12.6. The molecule has 0 N–H and O–H groups in total. The van der Waals surface area contributed by atoms with Crippen LogP contribution in [0.5, 0.6) is 0 Å². The number of piperazine rings is 1. The molecule has 27 heavy (non-hydrogen) atoms. The van der Waals surface area contributed by atoms with E-state index < -0.39 is 10.0 Å². The third-order valence-corrected chi connectivity index (χ3v) is 8.81. The van der Waals surface area contributed by atoms with Crippen LogP contribution in [-0.4, -0.2) is 38.9 Å². The van der Waals surface area contributed by atoms with Crippen LogP contribution < -0.4 is 4.90 Å². The van der Waals surface area contributed by atoms with Gasteiger partial charge < -0.3 is 4.90 Å². The summed E-state index contributed by atoms with van der Waals surface area (Å²) in [7, 11) is -3.51. The molecule has 4 nitrogen and oxygen atoms in total. The average molecular weight is 451 g/mol. The van der Waals surface area contributed by atoms with E-state index in [0.717, 1.165) is 21.2 Å². The standard InChI is InChI=1S/C21H27BrN2O2S/c1-14-7-6-8-15(2)20(14)23-9-11-24(12-10-23)27(25,26)21-17(4)13-16(3)19(22)18(21)5/h6-8,13H,9-12H2,1-5H3. The summed E-state index contributed by atoms with van der Waals surface area (Å²) in [4.78, 5) is 2.75. The highest BCUT2D eigenvalue weighted by Crippen LogP contribution is 2.33. The zero-order valence-corrected chi connectivity index (χ0v) is 19.0. The van der Waals surface area contributed by atoms with Gasteiger partial charge in [-0.25, -0.2) is 8.42 Å². The number of sulfonamides is 1. The summed E-state index contributed by atoms with van der Waals surface area (Å²) in [5.41, 5.74) is 6.37. The third-order valence-electron chi connectivity index (χ3n) is 5.40. The Morgan fingerprint density at radius 3 is 1.96 bits per heavy atom. The molecule has 0 spiro atoms. The second-order valence-electron chi connectivity index (χ2n) is 7.41. The summed E-state index contributed by atoms with van der Waals surface area (Å²) in [6.45, 7) is 12.4. The highest BCUT2D eigenvalue weighted by molar-refractivity contribution is 9.10. The fourth-order valence-electron chi connectivity index (χ4n) is 4.13. The highest BCUT2D eigenvalue weighted by atomic mass is 79.9. The Kier molecular flexibility index (Phi) is 5.71. The number of anilines is 1. The number of benzene rings is 2. The van der Waals surface area contributed by atoms with Gasteiger partial charge in [-0.15, -0.1) is 0 Å². The summed E-state index contributed by atoms with van der Waals surface area (Å²) in [5, 5.41) is 0. The van der Waals surface area contributed by atoms with Crippen LogP contribution >= 0.6 is 15.9 Å².